The summed E-state index contributed by atoms with van der Waals surface area (Å²) in [6.07, 6.45) is 0. The predicted molar refractivity (Wildman–Crippen MR) is 85.8 cm³/mol. The summed E-state index contributed by atoms with van der Waals surface area (Å²) >= 11 is 0. The van der Waals surface area contributed by atoms with Crippen LogP contribution in [0.15, 0.2) is 0 Å². The Kier molecular flexibility index (Phi) is 5.73. The zero-order valence-electron chi connectivity index (χ0n) is 14.2. The minimum absolute atomic E-state index is 0.0345. The Morgan fingerprint density at radius 3 is 1.88 bits per heavy atom. The number of nitrogens with zero attached hydrogens (tertiary/aromatic N) is 6. The smallest absolute Gasteiger partial charge is 0.432 e. The van der Waals surface area contributed by atoms with Crippen molar-refractivity contribution in [3.63, 3.8) is 0 Å². The number of nitro groups is 1. The lowest BCUT2D eigenvalue weighted by Gasteiger charge is -2.09. The SMILES string of the molecule is CN(C)C(=O)c1c(O)c(N)nn1C.Cn1nc([N+](=O)[O-])c(O)c1C(=O)O. The van der Waals surface area contributed by atoms with Gasteiger partial charge in [-0.15, -0.1) is 0 Å². The molecule has 0 fully saturated rings. The number of aryl methyl sites for hydroxylation is 2. The van der Waals surface area contributed by atoms with Crippen molar-refractivity contribution in [2.75, 3.05) is 19.8 Å². The van der Waals surface area contributed by atoms with Gasteiger partial charge in [0.15, 0.2) is 17.3 Å². The van der Waals surface area contributed by atoms with E-state index in [1.54, 1.807) is 21.1 Å². The molecule has 0 aliphatic heterocycles. The van der Waals surface area contributed by atoms with Gasteiger partial charge in [0.2, 0.25) is 5.69 Å². The van der Waals surface area contributed by atoms with Crippen molar-refractivity contribution in [1.82, 2.24) is 24.5 Å². The summed E-state index contributed by atoms with van der Waals surface area (Å²) < 4.78 is 1.99. The third kappa shape index (κ3) is 3.80. The first-order chi connectivity index (χ1) is 11.9. The van der Waals surface area contributed by atoms with Crippen LogP contribution < -0.4 is 5.73 Å². The highest BCUT2D eigenvalue weighted by molar-refractivity contribution is 5.96. The van der Waals surface area contributed by atoms with E-state index < -0.39 is 28.2 Å². The van der Waals surface area contributed by atoms with Crippen molar-refractivity contribution in [2.45, 2.75) is 0 Å². The fourth-order valence-corrected chi connectivity index (χ4v) is 1.85. The molecule has 0 radical (unpaired) electrons. The normalized spacial score (nSPS) is 10.0. The van der Waals surface area contributed by atoms with Crippen LogP contribution in [-0.4, -0.2) is 70.7 Å². The third-order valence-electron chi connectivity index (χ3n) is 3.04. The average molecular weight is 371 g/mol. The van der Waals surface area contributed by atoms with Crippen molar-refractivity contribution in [3.05, 3.63) is 21.5 Å². The minimum Gasteiger partial charge on any atom is -0.503 e. The number of anilines is 1. The van der Waals surface area contributed by atoms with Crippen molar-refractivity contribution < 1.29 is 29.8 Å². The fraction of sp³-hybridized carbons (Fsp3) is 0.333. The summed E-state index contributed by atoms with van der Waals surface area (Å²) in [5, 5.41) is 44.0. The van der Waals surface area contributed by atoms with Crippen LogP contribution in [0.5, 0.6) is 11.5 Å². The van der Waals surface area contributed by atoms with E-state index in [1.165, 1.54) is 16.6 Å². The Labute approximate surface area is 145 Å². The van der Waals surface area contributed by atoms with Gasteiger partial charge in [0.25, 0.3) is 11.7 Å². The summed E-state index contributed by atoms with van der Waals surface area (Å²) in [5.41, 5.74) is 4.82. The van der Waals surface area contributed by atoms with Crippen LogP contribution in [0.2, 0.25) is 0 Å². The summed E-state index contributed by atoms with van der Waals surface area (Å²) in [5.74, 6) is -3.89. The molecule has 14 nitrogen and oxygen atoms in total. The van der Waals surface area contributed by atoms with E-state index in [9.17, 15) is 24.8 Å². The molecule has 0 saturated carbocycles. The van der Waals surface area contributed by atoms with Gasteiger partial charge in [0.1, 0.15) is 0 Å². The van der Waals surface area contributed by atoms with Gasteiger partial charge in [0, 0.05) is 21.1 Å². The lowest BCUT2D eigenvalue weighted by Crippen LogP contribution is -2.24. The molecule has 26 heavy (non-hydrogen) atoms. The minimum atomic E-state index is -1.47. The first-order valence-electron chi connectivity index (χ1n) is 6.76. The molecule has 1 amide bonds. The van der Waals surface area contributed by atoms with E-state index >= 15 is 0 Å². The second kappa shape index (κ2) is 7.37. The van der Waals surface area contributed by atoms with E-state index in [4.69, 9.17) is 15.9 Å². The topological polar surface area (TPSA) is 203 Å². The van der Waals surface area contributed by atoms with Crippen LogP contribution in [-0.2, 0) is 14.1 Å². The Bertz CT molecular complexity index is 868. The number of carboxylic acid groups (broad SMARTS) is 1. The predicted octanol–water partition coefficient (Wildman–Crippen LogP) is -0.858. The first kappa shape index (κ1) is 20.2. The molecule has 2 rings (SSSR count). The largest absolute Gasteiger partial charge is 0.503 e. The third-order valence-corrected chi connectivity index (χ3v) is 3.04. The second-order valence-corrected chi connectivity index (χ2v) is 5.11. The molecule has 0 atom stereocenters. The number of nitrogens with two attached hydrogens (primary N) is 1. The molecule has 142 valence electrons. The molecule has 0 aliphatic rings. The summed E-state index contributed by atoms with van der Waals surface area (Å²) in [4.78, 5) is 32.5. The highest BCUT2D eigenvalue weighted by atomic mass is 16.6. The number of aromatic nitrogens is 4. The first-order valence-corrected chi connectivity index (χ1v) is 6.76. The number of carbonyl (C=O) groups is 2. The summed E-state index contributed by atoms with van der Waals surface area (Å²) in [6, 6.07) is 0. The molecule has 0 bridgehead atoms. The zero-order valence-corrected chi connectivity index (χ0v) is 14.2. The molecule has 5 N–H and O–H groups in total. The number of rotatable bonds is 3. The molecule has 0 saturated heterocycles. The monoisotopic (exact) mass is 371 g/mol. The Morgan fingerprint density at radius 2 is 1.62 bits per heavy atom. The molecule has 0 unspecified atom stereocenters. The van der Waals surface area contributed by atoms with E-state index in [0.717, 1.165) is 4.68 Å². The number of hydrogen-bond donors (Lipinski definition) is 4. The van der Waals surface area contributed by atoms with Crippen molar-refractivity contribution >= 4 is 23.5 Å². The van der Waals surface area contributed by atoms with Crippen molar-refractivity contribution in [3.8, 4) is 11.5 Å². The number of nitrogen functional groups attached to an aromatic ring is 1. The quantitative estimate of drug-likeness (QED) is 0.388. The number of carbonyl (C=O) groups excluding carboxylic acids is 1. The number of aromatic hydroxyl groups is 2. The van der Waals surface area contributed by atoms with Crippen LogP contribution in [0, 0.1) is 10.1 Å². The fourth-order valence-electron chi connectivity index (χ4n) is 1.85. The van der Waals surface area contributed by atoms with Crippen LogP contribution in [0.1, 0.15) is 21.0 Å². The molecule has 0 spiro atoms. The second-order valence-electron chi connectivity index (χ2n) is 5.11. The maximum absolute atomic E-state index is 11.4. The Morgan fingerprint density at radius 1 is 1.12 bits per heavy atom. The zero-order chi connectivity index (χ0) is 20.3. The molecule has 2 aromatic heterocycles. The van der Waals surface area contributed by atoms with E-state index in [-0.39, 0.29) is 23.2 Å². The van der Waals surface area contributed by atoms with Crippen LogP contribution in [0.25, 0.3) is 0 Å². The van der Waals surface area contributed by atoms with E-state index in [1.807, 2.05) is 0 Å². The maximum Gasteiger partial charge on any atom is 0.432 e. The average Bonchev–Trinajstić information content (AvgIpc) is 2.95. The van der Waals surface area contributed by atoms with Gasteiger partial charge < -0.3 is 36.1 Å². The molecule has 0 aromatic carbocycles. The lowest BCUT2D eigenvalue weighted by molar-refractivity contribution is -0.390. The molecular formula is C12H17N7O7. The van der Waals surface area contributed by atoms with Crippen LogP contribution >= 0.6 is 0 Å². The number of amides is 1. The van der Waals surface area contributed by atoms with Gasteiger partial charge in [-0.25, -0.2) is 4.79 Å². The summed E-state index contributed by atoms with van der Waals surface area (Å²) in [7, 11) is 5.92. The molecule has 0 aliphatic carbocycles. The number of aromatic carboxylic acids is 1. The number of carboxylic acids is 1. The highest BCUT2D eigenvalue weighted by Crippen LogP contribution is 2.27. The molecule has 2 heterocycles. The Balaban J connectivity index is 0.000000260. The van der Waals surface area contributed by atoms with Crippen molar-refractivity contribution in [1.29, 1.82) is 0 Å². The maximum atomic E-state index is 11.4. The standard InChI is InChI=1S/C7H12N4O2.C5H5N3O5/c1-10(2)7(13)4-5(12)6(8)9-11(4)3;1-7-2(5(10)11)3(9)4(6-7)8(12)13/h12H,1-3H3,(H2,8,9);9H,1H3,(H,10,11). The molecule has 14 heteroatoms. The van der Waals surface area contributed by atoms with Gasteiger partial charge in [-0.3, -0.25) is 9.48 Å². The van der Waals surface area contributed by atoms with Crippen molar-refractivity contribution in [2.24, 2.45) is 14.1 Å². The molecular weight excluding hydrogens is 354 g/mol. The van der Waals surface area contributed by atoms with Gasteiger partial charge in [-0.1, -0.05) is 0 Å². The number of hydrogen-bond acceptors (Lipinski definition) is 9. The van der Waals surface area contributed by atoms with E-state index in [0.29, 0.717) is 0 Å². The van der Waals surface area contributed by atoms with E-state index in [2.05, 4.69) is 10.2 Å². The molecule has 2 aromatic rings. The van der Waals surface area contributed by atoms with Gasteiger partial charge in [-0.05, 0) is 4.92 Å². The van der Waals surface area contributed by atoms with Crippen LogP contribution in [0.4, 0.5) is 11.6 Å². The van der Waals surface area contributed by atoms with Gasteiger partial charge >= 0.3 is 11.8 Å². The van der Waals surface area contributed by atoms with Gasteiger partial charge in [0.05, 0.1) is 12.1 Å². The lowest BCUT2D eigenvalue weighted by atomic mass is 10.3. The Hall–Kier alpha value is -3.84. The van der Waals surface area contributed by atoms with Gasteiger partial charge in [-0.2, -0.15) is 9.78 Å². The van der Waals surface area contributed by atoms with Crippen LogP contribution in [0.3, 0.4) is 0 Å². The summed E-state index contributed by atoms with van der Waals surface area (Å²) in [6.45, 7) is 0. The highest BCUT2D eigenvalue weighted by Gasteiger charge is 2.30.